The van der Waals surface area contributed by atoms with Crippen LogP contribution in [0.25, 0.3) is 0 Å². The molecule has 0 spiro atoms. The predicted molar refractivity (Wildman–Crippen MR) is 93.1 cm³/mol. The van der Waals surface area contributed by atoms with Crippen LogP contribution in [-0.2, 0) is 0 Å². The van der Waals surface area contributed by atoms with Crippen LogP contribution in [0.1, 0.15) is 5.82 Å². The summed E-state index contributed by atoms with van der Waals surface area (Å²) in [6.45, 7) is 1.84. The first-order valence-corrected chi connectivity index (χ1v) is 7.06. The largest absolute Gasteiger partial charge is 0.363 e. The maximum atomic E-state index is 8.63. The number of hydrogen-bond acceptors (Lipinski definition) is 8. The molecule has 1 heterocycles. The average molecular weight is 320 g/mol. The lowest BCUT2D eigenvalue weighted by atomic mass is 10.3. The van der Waals surface area contributed by atoms with Gasteiger partial charge in [-0.15, -0.1) is 0 Å². The molecule has 8 heteroatoms. The number of aromatic nitrogens is 2. The van der Waals surface area contributed by atoms with Crippen LogP contribution in [0.15, 0.2) is 35.4 Å². The highest BCUT2D eigenvalue weighted by atomic mass is 15.3. The molecule has 2 N–H and O–H groups in total. The number of nitrogens with zero attached hydrogens (tertiary/aromatic N) is 6. The topological polar surface area (TPSA) is 113 Å². The first-order valence-electron chi connectivity index (χ1n) is 7.06. The Balaban J connectivity index is 2.11. The maximum absolute atomic E-state index is 8.63. The minimum absolute atomic E-state index is 0.232. The number of hydrogen-bond donors (Lipinski definition) is 2. The molecular weight excluding hydrogens is 304 g/mol. The van der Waals surface area contributed by atoms with Gasteiger partial charge in [-0.1, -0.05) is 0 Å². The molecule has 0 atom stereocenters. The van der Waals surface area contributed by atoms with Crippen LogP contribution in [0.3, 0.4) is 0 Å². The fourth-order valence-electron chi connectivity index (χ4n) is 1.82. The summed E-state index contributed by atoms with van der Waals surface area (Å²) in [7, 11) is 3.84. The molecule has 2 aromatic rings. The molecule has 0 fully saturated rings. The molecule has 24 heavy (non-hydrogen) atoms. The van der Waals surface area contributed by atoms with Crippen molar-refractivity contribution in [2.75, 3.05) is 29.7 Å². The number of aryl methyl sites for hydroxylation is 1. The Kier molecular flexibility index (Phi) is 5.27. The predicted octanol–water partition coefficient (Wildman–Crippen LogP) is 2.41. The second-order valence-electron chi connectivity index (χ2n) is 5.05. The number of anilines is 4. The molecule has 2 rings (SSSR count). The van der Waals surface area contributed by atoms with Crippen LogP contribution in [0.2, 0.25) is 0 Å². The molecular formula is C16H16N8. The monoisotopic (exact) mass is 320 g/mol. The van der Waals surface area contributed by atoms with Gasteiger partial charge in [0, 0.05) is 25.8 Å². The Morgan fingerprint density at radius 3 is 2.29 bits per heavy atom. The van der Waals surface area contributed by atoms with Gasteiger partial charge in [0.05, 0.1) is 5.69 Å². The van der Waals surface area contributed by atoms with E-state index < -0.39 is 0 Å². The summed E-state index contributed by atoms with van der Waals surface area (Å²) in [5, 5.41) is 24.1. The smallest absolute Gasteiger partial charge is 0.237 e. The van der Waals surface area contributed by atoms with Crippen LogP contribution in [0, 0.1) is 29.6 Å². The molecule has 0 bridgehead atoms. The van der Waals surface area contributed by atoms with Crippen molar-refractivity contribution in [1.82, 2.24) is 9.97 Å². The Hall–Kier alpha value is -3.65. The Labute approximate surface area is 140 Å². The summed E-state index contributed by atoms with van der Waals surface area (Å²) >= 11 is 0. The van der Waals surface area contributed by atoms with Crippen molar-refractivity contribution in [1.29, 1.82) is 10.5 Å². The summed E-state index contributed by atoms with van der Waals surface area (Å²) in [6, 6.07) is 12.4. The second-order valence-corrected chi connectivity index (χ2v) is 5.05. The van der Waals surface area contributed by atoms with Crippen LogP contribution in [0.5, 0.6) is 0 Å². The minimum atomic E-state index is -0.232. The number of nitriles is 2. The summed E-state index contributed by atoms with van der Waals surface area (Å²) in [5.41, 5.74) is 3.93. The molecule has 120 valence electrons. The number of rotatable bonds is 5. The van der Waals surface area contributed by atoms with E-state index in [0.717, 1.165) is 11.5 Å². The molecule has 1 aromatic carbocycles. The van der Waals surface area contributed by atoms with Crippen molar-refractivity contribution < 1.29 is 0 Å². The molecule has 0 saturated carbocycles. The van der Waals surface area contributed by atoms with E-state index in [4.69, 9.17) is 10.5 Å². The summed E-state index contributed by atoms with van der Waals surface area (Å²) in [5.74, 6) is 2.19. The van der Waals surface area contributed by atoms with Crippen molar-refractivity contribution in [2.45, 2.75) is 6.92 Å². The normalized spacial score (nSPS) is 9.38. The van der Waals surface area contributed by atoms with Gasteiger partial charge in [0.1, 0.15) is 29.6 Å². The lowest BCUT2D eigenvalue weighted by Gasteiger charge is -2.14. The van der Waals surface area contributed by atoms with Crippen molar-refractivity contribution in [2.24, 2.45) is 5.10 Å². The van der Waals surface area contributed by atoms with Crippen molar-refractivity contribution in [3.05, 3.63) is 36.2 Å². The van der Waals surface area contributed by atoms with Crippen LogP contribution < -0.4 is 15.6 Å². The number of nitrogens with one attached hydrogen (secondary N) is 2. The summed E-state index contributed by atoms with van der Waals surface area (Å²) in [4.78, 5) is 10.6. The first kappa shape index (κ1) is 16.7. The zero-order valence-electron chi connectivity index (χ0n) is 13.6. The Bertz CT molecular complexity index is 809. The van der Waals surface area contributed by atoms with Crippen LogP contribution in [-0.4, -0.2) is 29.8 Å². The molecule has 0 radical (unpaired) electrons. The van der Waals surface area contributed by atoms with Gasteiger partial charge in [-0.25, -0.2) is 9.97 Å². The molecule has 0 amide bonds. The highest BCUT2D eigenvalue weighted by Crippen LogP contribution is 2.20. The second kappa shape index (κ2) is 7.56. The van der Waals surface area contributed by atoms with E-state index in [0.29, 0.717) is 17.3 Å². The minimum Gasteiger partial charge on any atom is -0.363 e. The Morgan fingerprint density at radius 2 is 1.71 bits per heavy atom. The van der Waals surface area contributed by atoms with Crippen molar-refractivity contribution in [3.63, 3.8) is 0 Å². The van der Waals surface area contributed by atoms with E-state index in [1.54, 1.807) is 24.3 Å². The molecule has 1 aromatic heterocycles. The molecule has 0 unspecified atom stereocenters. The zero-order chi connectivity index (χ0) is 17.5. The lowest BCUT2D eigenvalue weighted by molar-refractivity contribution is 0.991. The first-order chi connectivity index (χ1) is 11.5. The van der Waals surface area contributed by atoms with E-state index in [1.165, 1.54) is 0 Å². The number of hydrazone groups is 1. The van der Waals surface area contributed by atoms with Crippen molar-refractivity contribution >= 4 is 28.7 Å². The van der Waals surface area contributed by atoms with Gasteiger partial charge in [-0.3, -0.25) is 5.43 Å². The zero-order valence-corrected chi connectivity index (χ0v) is 13.6. The molecule has 0 aliphatic rings. The summed E-state index contributed by atoms with van der Waals surface area (Å²) in [6.07, 6.45) is 0. The third-order valence-corrected chi connectivity index (χ3v) is 2.95. The Morgan fingerprint density at radius 1 is 1.08 bits per heavy atom. The lowest BCUT2D eigenvalue weighted by Crippen LogP contribution is -2.12. The molecule has 0 aliphatic carbocycles. The van der Waals surface area contributed by atoms with Crippen LogP contribution in [0.4, 0.5) is 23.0 Å². The van der Waals surface area contributed by atoms with Gasteiger partial charge in [-0.05, 0) is 31.2 Å². The summed E-state index contributed by atoms with van der Waals surface area (Å²) < 4.78 is 0. The highest BCUT2D eigenvalue weighted by Gasteiger charge is 2.04. The van der Waals surface area contributed by atoms with Gasteiger partial charge < -0.3 is 10.2 Å². The molecule has 0 aliphatic heterocycles. The van der Waals surface area contributed by atoms with Gasteiger partial charge in [0.2, 0.25) is 5.71 Å². The van der Waals surface area contributed by atoms with E-state index >= 15 is 0 Å². The molecule has 0 saturated heterocycles. The maximum Gasteiger partial charge on any atom is 0.237 e. The van der Waals surface area contributed by atoms with Gasteiger partial charge in [0.25, 0.3) is 0 Å². The van der Waals surface area contributed by atoms with Gasteiger partial charge in [0.15, 0.2) is 0 Å². The standard InChI is InChI=1S/C16H16N8/c1-11-19-15(8-16(20-11)24(2)3)21-12-4-6-13(7-5-12)22-23-14(9-17)10-18/h4-8,22H,1-3H3,(H,19,20,21). The van der Waals surface area contributed by atoms with E-state index in [1.807, 2.05) is 44.1 Å². The SMILES string of the molecule is Cc1nc(Nc2ccc(NN=C(C#N)C#N)cc2)cc(N(C)C)n1. The molecule has 8 nitrogen and oxygen atoms in total. The van der Waals surface area contributed by atoms with Crippen molar-refractivity contribution in [3.8, 4) is 12.1 Å². The fourth-order valence-corrected chi connectivity index (χ4v) is 1.82. The third-order valence-electron chi connectivity index (χ3n) is 2.95. The van der Waals surface area contributed by atoms with Gasteiger partial charge >= 0.3 is 0 Å². The van der Waals surface area contributed by atoms with E-state index in [-0.39, 0.29) is 5.71 Å². The van der Waals surface area contributed by atoms with E-state index in [9.17, 15) is 0 Å². The van der Waals surface area contributed by atoms with Crippen LogP contribution >= 0.6 is 0 Å². The highest BCUT2D eigenvalue weighted by molar-refractivity contribution is 6.10. The van der Waals surface area contributed by atoms with E-state index in [2.05, 4.69) is 25.8 Å². The third kappa shape index (κ3) is 4.42. The number of benzene rings is 1. The quantitative estimate of drug-likeness (QED) is 0.642. The van der Waals surface area contributed by atoms with Gasteiger partial charge in [-0.2, -0.15) is 15.6 Å². The average Bonchev–Trinajstić information content (AvgIpc) is 2.56. The fraction of sp³-hybridized carbons (Fsp3) is 0.188.